The largest absolute Gasteiger partial charge is 0.467 e. The van der Waals surface area contributed by atoms with Gasteiger partial charge in [-0.2, -0.15) is 0 Å². The van der Waals surface area contributed by atoms with Crippen molar-refractivity contribution in [2.24, 2.45) is 0 Å². The SMILES string of the molecule is CCN(CC(=O)NC(C)(C)C)Cc1occc1C(=O)OC. The molecule has 118 valence electrons. The first-order valence-corrected chi connectivity index (χ1v) is 6.95. The van der Waals surface area contributed by atoms with E-state index >= 15 is 0 Å². The van der Waals surface area contributed by atoms with E-state index in [4.69, 9.17) is 9.15 Å². The van der Waals surface area contributed by atoms with Crippen molar-refractivity contribution in [1.82, 2.24) is 10.2 Å². The predicted molar refractivity (Wildman–Crippen MR) is 78.9 cm³/mol. The molecule has 0 aliphatic heterocycles. The minimum atomic E-state index is -0.436. The number of carbonyl (C=O) groups is 2. The van der Waals surface area contributed by atoms with E-state index in [1.165, 1.54) is 13.4 Å². The Morgan fingerprint density at radius 2 is 2.05 bits per heavy atom. The third kappa shape index (κ3) is 5.59. The van der Waals surface area contributed by atoms with Crippen LogP contribution in [0.4, 0.5) is 0 Å². The number of esters is 1. The molecule has 1 aromatic rings. The third-order valence-electron chi connectivity index (χ3n) is 2.85. The van der Waals surface area contributed by atoms with E-state index in [9.17, 15) is 9.59 Å². The molecule has 6 nitrogen and oxygen atoms in total. The molecule has 0 atom stereocenters. The Balaban J connectivity index is 2.69. The molecule has 0 bridgehead atoms. The van der Waals surface area contributed by atoms with Crippen LogP contribution in [-0.2, 0) is 16.1 Å². The summed E-state index contributed by atoms with van der Waals surface area (Å²) < 4.78 is 10.0. The van der Waals surface area contributed by atoms with Gasteiger partial charge in [-0.05, 0) is 33.4 Å². The molecule has 1 amide bonds. The minimum absolute atomic E-state index is 0.0597. The van der Waals surface area contributed by atoms with Gasteiger partial charge in [0.1, 0.15) is 11.3 Å². The summed E-state index contributed by atoms with van der Waals surface area (Å²) in [5, 5.41) is 2.91. The number of furan rings is 1. The fraction of sp³-hybridized carbons (Fsp3) is 0.600. The van der Waals surface area contributed by atoms with Crippen molar-refractivity contribution in [3.05, 3.63) is 23.7 Å². The van der Waals surface area contributed by atoms with Gasteiger partial charge in [-0.25, -0.2) is 4.79 Å². The molecule has 0 unspecified atom stereocenters. The van der Waals surface area contributed by atoms with Gasteiger partial charge in [0.2, 0.25) is 5.91 Å². The van der Waals surface area contributed by atoms with Crippen molar-refractivity contribution < 1.29 is 18.7 Å². The van der Waals surface area contributed by atoms with Gasteiger partial charge in [0, 0.05) is 5.54 Å². The number of methoxy groups -OCH3 is 1. The third-order valence-corrected chi connectivity index (χ3v) is 2.85. The van der Waals surface area contributed by atoms with Crippen molar-refractivity contribution in [1.29, 1.82) is 0 Å². The number of hydrogen-bond acceptors (Lipinski definition) is 5. The normalized spacial score (nSPS) is 11.5. The summed E-state index contributed by atoms with van der Waals surface area (Å²) in [7, 11) is 1.33. The van der Waals surface area contributed by atoms with E-state index < -0.39 is 5.97 Å². The fourth-order valence-corrected chi connectivity index (χ4v) is 1.90. The first-order valence-electron chi connectivity index (χ1n) is 6.95. The van der Waals surface area contributed by atoms with Crippen LogP contribution in [0, 0.1) is 0 Å². The van der Waals surface area contributed by atoms with E-state index in [1.54, 1.807) is 6.07 Å². The monoisotopic (exact) mass is 296 g/mol. The van der Waals surface area contributed by atoms with Gasteiger partial charge in [-0.15, -0.1) is 0 Å². The first-order chi connectivity index (χ1) is 9.76. The molecule has 0 aliphatic carbocycles. The number of carbonyl (C=O) groups excluding carboxylic acids is 2. The summed E-state index contributed by atoms with van der Waals surface area (Å²) in [4.78, 5) is 25.4. The average Bonchev–Trinajstić information content (AvgIpc) is 2.82. The van der Waals surface area contributed by atoms with E-state index in [1.807, 2.05) is 32.6 Å². The lowest BCUT2D eigenvalue weighted by Crippen LogP contribution is -2.45. The Kier molecular flexibility index (Phi) is 5.96. The highest BCUT2D eigenvalue weighted by Gasteiger charge is 2.20. The number of ether oxygens (including phenoxy) is 1. The second-order valence-corrected chi connectivity index (χ2v) is 5.85. The smallest absolute Gasteiger partial charge is 0.341 e. The highest BCUT2D eigenvalue weighted by Crippen LogP contribution is 2.14. The minimum Gasteiger partial charge on any atom is -0.467 e. The summed E-state index contributed by atoms with van der Waals surface area (Å²) >= 11 is 0. The summed E-state index contributed by atoms with van der Waals surface area (Å²) in [6.45, 7) is 9.04. The molecule has 0 aromatic carbocycles. The van der Waals surface area contributed by atoms with Crippen LogP contribution < -0.4 is 5.32 Å². The molecule has 0 spiro atoms. The predicted octanol–water partition coefficient (Wildman–Crippen LogP) is 1.80. The number of nitrogens with zero attached hydrogens (tertiary/aromatic N) is 1. The van der Waals surface area contributed by atoms with Crippen LogP contribution >= 0.6 is 0 Å². The summed E-state index contributed by atoms with van der Waals surface area (Å²) in [6.07, 6.45) is 1.45. The lowest BCUT2D eigenvalue weighted by Gasteiger charge is -2.24. The maximum Gasteiger partial charge on any atom is 0.341 e. The zero-order valence-corrected chi connectivity index (χ0v) is 13.4. The second kappa shape index (κ2) is 7.26. The molecule has 6 heteroatoms. The van der Waals surface area contributed by atoms with Crippen molar-refractivity contribution in [2.45, 2.75) is 39.8 Å². The number of likely N-dealkylation sites (N-methyl/N-ethyl adjacent to an activating group) is 1. The lowest BCUT2D eigenvalue weighted by atomic mass is 10.1. The van der Waals surface area contributed by atoms with Crippen molar-refractivity contribution in [2.75, 3.05) is 20.2 Å². The maximum absolute atomic E-state index is 12.0. The average molecular weight is 296 g/mol. The molecule has 0 saturated heterocycles. The zero-order valence-electron chi connectivity index (χ0n) is 13.4. The Labute approximate surface area is 125 Å². The molecule has 0 saturated carbocycles. The summed E-state index contributed by atoms with van der Waals surface area (Å²) in [5.41, 5.74) is 0.130. The standard InChI is InChI=1S/C15H24N2O4/c1-6-17(10-13(18)16-15(2,3)4)9-12-11(7-8-21-12)14(19)20-5/h7-8H,6,9-10H2,1-5H3,(H,16,18). The first kappa shape index (κ1) is 17.2. The van der Waals surface area contributed by atoms with Gasteiger partial charge in [0.15, 0.2) is 0 Å². The number of nitrogens with one attached hydrogen (secondary N) is 1. The Morgan fingerprint density at radius 1 is 1.38 bits per heavy atom. The molecule has 1 heterocycles. The van der Waals surface area contributed by atoms with Gasteiger partial charge >= 0.3 is 5.97 Å². The van der Waals surface area contributed by atoms with Crippen LogP contribution in [0.15, 0.2) is 16.7 Å². The van der Waals surface area contributed by atoms with Gasteiger partial charge < -0.3 is 14.5 Å². The van der Waals surface area contributed by atoms with E-state index in [0.717, 1.165) is 0 Å². The van der Waals surface area contributed by atoms with Crippen LogP contribution in [-0.4, -0.2) is 42.5 Å². The van der Waals surface area contributed by atoms with Crippen LogP contribution in [0.1, 0.15) is 43.8 Å². The van der Waals surface area contributed by atoms with Gasteiger partial charge in [0.05, 0.1) is 26.5 Å². The molecular weight excluding hydrogens is 272 g/mol. The molecule has 0 fully saturated rings. The Bertz CT molecular complexity index is 488. The molecule has 0 aliphatic rings. The van der Waals surface area contributed by atoms with Crippen molar-refractivity contribution in [3.63, 3.8) is 0 Å². The van der Waals surface area contributed by atoms with Crippen LogP contribution in [0.5, 0.6) is 0 Å². The lowest BCUT2D eigenvalue weighted by molar-refractivity contribution is -0.123. The quantitative estimate of drug-likeness (QED) is 0.811. The maximum atomic E-state index is 12.0. The molecular formula is C15H24N2O4. The molecule has 1 rings (SSSR count). The molecule has 0 radical (unpaired) electrons. The fourth-order valence-electron chi connectivity index (χ4n) is 1.90. The van der Waals surface area contributed by atoms with Crippen LogP contribution in [0.3, 0.4) is 0 Å². The van der Waals surface area contributed by atoms with E-state index in [2.05, 4.69) is 5.32 Å². The number of rotatable bonds is 6. The highest BCUT2D eigenvalue weighted by molar-refractivity contribution is 5.90. The topological polar surface area (TPSA) is 71.8 Å². The molecule has 21 heavy (non-hydrogen) atoms. The van der Waals surface area contributed by atoms with Crippen LogP contribution in [0.2, 0.25) is 0 Å². The molecule has 1 N–H and O–H groups in total. The van der Waals surface area contributed by atoms with Gasteiger partial charge in [0.25, 0.3) is 0 Å². The molecule has 1 aromatic heterocycles. The summed E-state index contributed by atoms with van der Waals surface area (Å²) in [5.74, 6) is 0.0109. The second-order valence-electron chi connectivity index (χ2n) is 5.85. The summed E-state index contributed by atoms with van der Waals surface area (Å²) in [6, 6.07) is 1.57. The van der Waals surface area contributed by atoms with E-state index in [-0.39, 0.29) is 18.0 Å². The Hall–Kier alpha value is -1.82. The van der Waals surface area contributed by atoms with E-state index in [0.29, 0.717) is 24.4 Å². The van der Waals surface area contributed by atoms with Crippen molar-refractivity contribution in [3.8, 4) is 0 Å². The Morgan fingerprint density at radius 3 is 2.57 bits per heavy atom. The number of hydrogen-bond donors (Lipinski definition) is 1. The van der Waals surface area contributed by atoms with Crippen molar-refractivity contribution >= 4 is 11.9 Å². The zero-order chi connectivity index (χ0) is 16.0. The highest BCUT2D eigenvalue weighted by atomic mass is 16.5. The van der Waals surface area contributed by atoms with Gasteiger partial charge in [-0.3, -0.25) is 9.69 Å². The van der Waals surface area contributed by atoms with Gasteiger partial charge in [-0.1, -0.05) is 6.92 Å². The van der Waals surface area contributed by atoms with Crippen LogP contribution in [0.25, 0.3) is 0 Å². The number of amides is 1.